The van der Waals surface area contributed by atoms with E-state index in [2.05, 4.69) is 12.2 Å². The molecule has 1 fully saturated rings. The van der Waals surface area contributed by atoms with Crippen LogP contribution in [0.5, 0.6) is 5.75 Å². The second kappa shape index (κ2) is 6.59. The topological polar surface area (TPSA) is 64.4 Å². The van der Waals surface area contributed by atoms with E-state index < -0.39 is 4.92 Å². The summed E-state index contributed by atoms with van der Waals surface area (Å²) >= 11 is 0. The molecule has 0 atom stereocenters. The average molecular weight is 278 g/mol. The highest BCUT2D eigenvalue weighted by Gasteiger charge is 2.21. The SMILES string of the molecule is CCC1CCC(Nc2ccc(OC)c([N+](=O)[O-])c2)CC1. The normalized spacial score (nSPS) is 22.3. The molecule has 0 heterocycles. The van der Waals surface area contributed by atoms with Gasteiger partial charge < -0.3 is 10.1 Å². The van der Waals surface area contributed by atoms with Crippen LogP contribution in [-0.4, -0.2) is 18.1 Å². The fraction of sp³-hybridized carbons (Fsp3) is 0.600. The van der Waals surface area contributed by atoms with Crippen molar-refractivity contribution >= 4 is 11.4 Å². The molecule has 5 nitrogen and oxygen atoms in total. The maximum atomic E-state index is 11.0. The fourth-order valence-electron chi connectivity index (χ4n) is 2.87. The summed E-state index contributed by atoms with van der Waals surface area (Å²) in [5, 5.41) is 14.4. The first-order chi connectivity index (χ1) is 9.63. The number of nitrogens with zero attached hydrogens (tertiary/aromatic N) is 1. The maximum absolute atomic E-state index is 11.0. The van der Waals surface area contributed by atoms with Gasteiger partial charge in [0.05, 0.1) is 12.0 Å². The second-order valence-corrected chi connectivity index (χ2v) is 5.41. The van der Waals surface area contributed by atoms with E-state index in [0.717, 1.165) is 24.4 Å². The minimum absolute atomic E-state index is 0.0137. The van der Waals surface area contributed by atoms with Gasteiger partial charge in [-0.3, -0.25) is 10.1 Å². The van der Waals surface area contributed by atoms with Gasteiger partial charge in [-0.15, -0.1) is 0 Å². The molecule has 0 aliphatic heterocycles. The van der Waals surface area contributed by atoms with Crippen LogP contribution in [0.15, 0.2) is 18.2 Å². The van der Waals surface area contributed by atoms with Crippen molar-refractivity contribution in [2.75, 3.05) is 12.4 Å². The lowest BCUT2D eigenvalue weighted by atomic mass is 9.84. The highest BCUT2D eigenvalue weighted by Crippen LogP contribution is 2.32. The molecular weight excluding hydrogens is 256 g/mol. The van der Waals surface area contributed by atoms with Crippen molar-refractivity contribution in [2.24, 2.45) is 5.92 Å². The number of nitro groups is 1. The van der Waals surface area contributed by atoms with Crippen molar-refractivity contribution < 1.29 is 9.66 Å². The quantitative estimate of drug-likeness (QED) is 0.653. The number of methoxy groups -OCH3 is 1. The van der Waals surface area contributed by atoms with Gasteiger partial charge in [0, 0.05) is 17.8 Å². The van der Waals surface area contributed by atoms with Crippen LogP contribution in [0.3, 0.4) is 0 Å². The predicted molar refractivity (Wildman–Crippen MR) is 79.3 cm³/mol. The minimum atomic E-state index is -0.405. The molecule has 1 N–H and O–H groups in total. The molecule has 1 saturated carbocycles. The Kier molecular flexibility index (Phi) is 4.82. The van der Waals surface area contributed by atoms with Gasteiger partial charge in [0.2, 0.25) is 0 Å². The van der Waals surface area contributed by atoms with E-state index in [4.69, 9.17) is 4.74 Å². The first kappa shape index (κ1) is 14.6. The van der Waals surface area contributed by atoms with E-state index >= 15 is 0 Å². The van der Waals surface area contributed by atoms with Crippen molar-refractivity contribution in [1.82, 2.24) is 0 Å². The molecule has 2 rings (SSSR count). The smallest absolute Gasteiger partial charge is 0.312 e. The summed E-state index contributed by atoms with van der Waals surface area (Å²) < 4.78 is 5.01. The summed E-state index contributed by atoms with van der Waals surface area (Å²) in [7, 11) is 1.45. The van der Waals surface area contributed by atoms with Gasteiger partial charge in [0.25, 0.3) is 0 Å². The summed E-state index contributed by atoms with van der Waals surface area (Å²) in [5.41, 5.74) is 0.817. The zero-order valence-electron chi connectivity index (χ0n) is 12.1. The summed E-state index contributed by atoms with van der Waals surface area (Å²) in [5.74, 6) is 1.15. The van der Waals surface area contributed by atoms with Crippen LogP contribution in [0.1, 0.15) is 39.0 Å². The highest BCUT2D eigenvalue weighted by atomic mass is 16.6. The third kappa shape index (κ3) is 3.40. The first-order valence-electron chi connectivity index (χ1n) is 7.23. The standard InChI is InChI=1S/C15H22N2O3/c1-3-11-4-6-12(7-5-11)16-13-8-9-15(20-2)14(10-13)17(18)19/h8-12,16H,3-7H2,1-2H3. The molecule has 1 aliphatic carbocycles. The van der Waals surface area contributed by atoms with Gasteiger partial charge in [-0.05, 0) is 43.7 Å². The third-order valence-electron chi connectivity index (χ3n) is 4.17. The lowest BCUT2D eigenvalue weighted by Crippen LogP contribution is -2.25. The van der Waals surface area contributed by atoms with E-state index in [1.165, 1.54) is 26.4 Å². The molecule has 0 spiro atoms. The predicted octanol–water partition coefficient (Wildman–Crippen LogP) is 3.98. The highest BCUT2D eigenvalue weighted by molar-refractivity contribution is 5.58. The summed E-state index contributed by atoms with van der Waals surface area (Å²) in [6.45, 7) is 2.24. The van der Waals surface area contributed by atoms with Crippen molar-refractivity contribution in [3.05, 3.63) is 28.3 Å². The Morgan fingerprint density at radius 1 is 1.35 bits per heavy atom. The van der Waals surface area contributed by atoms with Crippen LogP contribution in [0.25, 0.3) is 0 Å². The zero-order chi connectivity index (χ0) is 14.5. The molecule has 0 amide bonds. The van der Waals surface area contributed by atoms with Crippen LogP contribution in [0, 0.1) is 16.0 Å². The molecule has 0 radical (unpaired) electrons. The van der Waals surface area contributed by atoms with Crippen molar-refractivity contribution in [1.29, 1.82) is 0 Å². The molecule has 110 valence electrons. The molecule has 0 unspecified atom stereocenters. The number of hydrogen-bond donors (Lipinski definition) is 1. The Bertz CT molecular complexity index is 468. The van der Waals surface area contributed by atoms with Crippen molar-refractivity contribution in [2.45, 2.75) is 45.1 Å². The zero-order valence-corrected chi connectivity index (χ0v) is 12.1. The summed E-state index contributed by atoms with van der Waals surface area (Å²) in [6.07, 6.45) is 6.01. The monoisotopic (exact) mass is 278 g/mol. The van der Waals surface area contributed by atoms with Crippen LogP contribution in [0.2, 0.25) is 0 Å². The largest absolute Gasteiger partial charge is 0.490 e. The molecule has 5 heteroatoms. The Morgan fingerprint density at radius 2 is 2.05 bits per heavy atom. The lowest BCUT2D eigenvalue weighted by Gasteiger charge is -2.29. The molecule has 1 aromatic rings. The van der Waals surface area contributed by atoms with Gasteiger partial charge >= 0.3 is 5.69 Å². The van der Waals surface area contributed by atoms with Gasteiger partial charge in [-0.1, -0.05) is 13.3 Å². The number of hydrogen-bond acceptors (Lipinski definition) is 4. The van der Waals surface area contributed by atoms with Gasteiger partial charge in [0.1, 0.15) is 0 Å². The van der Waals surface area contributed by atoms with Gasteiger partial charge in [-0.25, -0.2) is 0 Å². The maximum Gasteiger partial charge on any atom is 0.312 e. The fourth-order valence-corrected chi connectivity index (χ4v) is 2.87. The van der Waals surface area contributed by atoms with E-state index in [9.17, 15) is 10.1 Å². The van der Waals surface area contributed by atoms with E-state index in [0.29, 0.717) is 11.8 Å². The van der Waals surface area contributed by atoms with E-state index in [1.807, 2.05) is 6.07 Å². The first-order valence-corrected chi connectivity index (χ1v) is 7.23. The van der Waals surface area contributed by atoms with E-state index in [-0.39, 0.29) is 5.69 Å². The molecule has 0 aromatic heterocycles. The summed E-state index contributed by atoms with van der Waals surface area (Å²) in [4.78, 5) is 10.6. The molecule has 0 saturated heterocycles. The van der Waals surface area contributed by atoms with Crippen LogP contribution in [-0.2, 0) is 0 Å². The number of anilines is 1. The van der Waals surface area contributed by atoms with Gasteiger partial charge in [0.15, 0.2) is 5.75 Å². The minimum Gasteiger partial charge on any atom is -0.490 e. The molecule has 0 bridgehead atoms. The Balaban J connectivity index is 2.03. The Hall–Kier alpha value is -1.78. The van der Waals surface area contributed by atoms with Gasteiger partial charge in [-0.2, -0.15) is 0 Å². The number of nitrogens with one attached hydrogen (secondary N) is 1. The Morgan fingerprint density at radius 3 is 2.60 bits per heavy atom. The average Bonchev–Trinajstić information content (AvgIpc) is 2.48. The third-order valence-corrected chi connectivity index (χ3v) is 4.17. The molecular formula is C15H22N2O3. The lowest BCUT2D eigenvalue weighted by molar-refractivity contribution is -0.385. The van der Waals surface area contributed by atoms with Crippen molar-refractivity contribution in [3.8, 4) is 5.75 Å². The van der Waals surface area contributed by atoms with Crippen molar-refractivity contribution in [3.63, 3.8) is 0 Å². The summed E-state index contributed by atoms with van der Waals surface area (Å²) in [6, 6.07) is 5.48. The number of ether oxygens (including phenoxy) is 1. The molecule has 1 aliphatic rings. The van der Waals surface area contributed by atoms with Crippen LogP contribution < -0.4 is 10.1 Å². The number of benzene rings is 1. The molecule has 1 aromatic carbocycles. The second-order valence-electron chi connectivity index (χ2n) is 5.41. The Labute approximate surface area is 119 Å². The van der Waals surface area contributed by atoms with Crippen LogP contribution in [0.4, 0.5) is 11.4 Å². The number of rotatable bonds is 5. The van der Waals surface area contributed by atoms with Crippen LogP contribution >= 0.6 is 0 Å². The van der Waals surface area contributed by atoms with E-state index in [1.54, 1.807) is 12.1 Å². The number of nitro benzene ring substituents is 1. The molecule has 20 heavy (non-hydrogen) atoms.